The lowest BCUT2D eigenvalue weighted by molar-refractivity contribution is -0.161. The van der Waals surface area contributed by atoms with Gasteiger partial charge < -0.3 is 20.1 Å². The van der Waals surface area contributed by atoms with Gasteiger partial charge in [0.2, 0.25) is 0 Å². The molecule has 87 heavy (non-hydrogen) atoms. The van der Waals surface area contributed by atoms with Crippen LogP contribution in [0.2, 0.25) is 0 Å². The van der Waals surface area contributed by atoms with Gasteiger partial charge in [0.1, 0.15) is 6.61 Å². The van der Waals surface area contributed by atoms with Crippen molar-refractivity contribution in [1.29, 1.82) is 0 Å². The third-order valence-corrected chi connectivity index (χ3v) is 14.8. The van der Waals surface area contributed by atoms with Crippen LogP contribution in [0.1, 0.15) is 258 Å². The minimum atomic E-state index is -4.42. The van der Waals surface area contributed by atoms with Crippen molar-refractivity contribution in [2.45, 2.75) is 264 Å². The van der Waals surface area contributed by atoms with Crippen LogP contribution in [0.3, 0.4) is 0 Å². The predicted octanol–water partition coefficient (Wildman–Crippen LogP) is 22.7. The third kappa shape index (κ3) is 70.1. The Morgan fingerprint density at radius 3 is 0.966 bits per heavy atom. The van der Waals surface area contributed by atoms with Gasteiger partial charge in [-0.1, -0.05) is 286 Å². The summed E-state index contributed by atoms with van der Waals surface area (Å²) in [5, 5.41) is 0. The van der Waals surface area contributed by atoms with Crippen LogP contribution >= 0.6 is 7.82 Å². The topological polar surface area (TPSA) is 134 Å². The molecule has 2 unspecified atom stereocenters. The van der Waals surface area contributed by atoms with Crippen LogP contribution in [0, 0.1) is 0 Å². The number of carbonyl (C=O) groups excluding carboxylic acids is 2. The molecule has 0 aliphatic carbocycles. The molecule has 2 atom stereocenters. The van der Waals surface area contributed by atoms with E-state index in [0.717, 1.165) is 122 Å². The molecule has 10 heteroatoms. The fourth-order valence-corrected chi connectivity index (χ4v) is 9.51. The highest BCUT2D eigenvalue weighted by molar-refractivity contribution is 7.47. The zero-order chi connectivity index (χ0) is 63.0. The number of allylic oxidation sites excluding steroid dienone is 30. The number of phosphoric acid groups is 1. The molecule has 0 radical (unpaired) electrons. The van der Waals surface area contributed by atoms with E-state index in [1.807, 2.05) is 0 Å². The second kappa shape index (κ2) is 70.2. The van der Waals surface area contributed by atoms with E-state index in [-0.39, 0.29) is 32.6 Å². The van der Waals surface area contributed by atoms with Gasteiger partial charge in [0.05, 0.1) is 13.2 Å². The Balaban J connectivity index is 4.08. The molecule has 0 saturated heterocycles. The zero-order valence-electron chi connectivity index (χ0n) is 54.9. The van der Waals surface area contributed by atoms with Gasteiger partial charge in [-0.3, -0.25) is 18.6 Å². The molecule has 0 spiro atoms. The maximum atomic E-state index is 12.7. The molecule has 0 aliphatic heterocycles. The van der Waals surface area contributed by atoms with Crippen molar-refractivity contribution in [3.8, 4) is 0 Å². The normalized spacial score (nSPS) is 14.1. The number of hydrogen-bond acceptors (Lipinski definition) is 8. The molecule has 0 amide bonds. The Labute approximate surface area is 533 Å². The average molecular weight is 1220 g/mol. The number of carbonyl (C=O) groups is 2. The molecule has 0 saturated carbocycles. The number of hydrogen-bond donors (Lipinski definition) is 2. The first-order valence-corrected chi connectivity index (χ1v) is 35.8. The quantitative estimate of drug-likeness (QED) is 0.0264. The highest BCUT2D eigenvalue weighted by Gasteiger charge is 2.26. The molecule has 0 aromatic carbocycles. The van der Waals surface area contributed by atoms with Crippen LogP contribution in [0.4, 0.5) is 0 Å². The summed E-state index contributed by atoms with van der Waals surface area (Å²) >= 11 is 0. The summed E-state index contributed by atoms with van der Waals surface area (Å²) < 4.78 is 33.1. The summed E-state index contributed by atoms with van der Waals surface area (Å²) in [7, 11) is -4.42. The lowest BCUT2D eigenvalue weighted by Gasteiger charge is -2.19. The Hall–Kier alpha value is -4.89. The van der Waals surface area contributed by atoms with Crippen molar-refractivity contribution in [3.05, 3.63) is 182 Å². The Morgan fingerprint density at radius 2 is 0.632 bits per heavy atom. The molecule has 0 aromatic rings. The molecule has 3 N–H and O–H groups in total. The fraction of sp³-hybridized carbons (Fsp3) is 0.584. The van der Waals surface area contributed by atoms with E-state index >= 15 is 0 Å². The SMILES string of the molecule is CC/C=C\C/C=C\C/C=C\C/C=C\C/C=C\C/C=C\C/C=C\C/C=C\C/C=C\C/C=C\C/C=C\C/C=C\CCCCC(=O)OC(COC(=O)CCCCCCCCCCCCCC/C=C\C/C=C\C/C=C\CCCCCCC)COP(=O)(O)OCCN. The molecular formula is C77H124NO8P. The minimum Gasteiger partial charge on any atom is -0.462 e. The molecule has 0 fully saturated rings. The lowest BCUT2D eigenvalue weighted by Crippen LogP contribution is -2.29. The summed E-state index contributed by atoms with van der Waals surface area (Å²) in [5.74, 6) is -0.891. The number of rotatable bonds is 62. The Morgan fingerprint density at radius 1 is 0.356 bits per heavy atom. The van der Waals surface area contributed by atoms with Crippen LogP contribution in [0.15, 0.2) is 182 Å². The van der Waals surface area contributed by atoms with E-state index in [1.165, 1.54) is 96.3 Å². The zero-order valence-corrected chi connectivity index (χ0v) is 55.8. The van der Waals surface area contributed by atoms with Gasteiger partial charge in [-0.05, 0) is 141 Å². The minimum absolute atomic E-state index is 0.0364. The van der Waals surface area contributed by atoms with Gasteiger partial charge in [0.15, 0.2) is 6.10 Å². The number of phosphoric ester groups is 1. The summed E-state index contributed by atoms with van der Waals surface area (Å²) in [4.78, 5) is 35.3. The largest absolute Gasteiger partial charge is 0.472 e. The lowest BCUT2D eigenvalue weighted by atomic mass is 10.0. The van der Waals surface area contributed by atoms with Crippen LogP contribution in [-0.4, -0.2) is 49.3 Å². The third-order valence-electron chi connectivity index (χ3n) is 13.8. The number of unbranched alkanes of at least 4 members (excludes halogenated alkanes) is 19. The first kappa shape index (κ1) is 82.1. The van der Waals surface area contributed by atoms with Crippen molar-refractivity contribution in [3.63, 3.8) is 0 Å². The molecule has 0 bridgehead atoms. The molecular weight excluding hydrogens is 1100 g/mol. The van der Waals surface area contributed by atoms with Crippen molar-refractivity contribution < 1.29 is 37.6 Å². The molecule has 490 valence electrons. The molecule has 0 heterocycles. The monoisotopic (exact) mass is 1220 g/mol. The first-order chi connectivity index (χ1) is 42.8. The molecule has 9 nitrogen and oxygen atoms in total. The van der Waals surface area contributed by atoms with Gasteiger partial charge >= 0.3 is 19.8 Å². The van der Waals surface area contributed by atoms with E-state index < -0.39 is 32.5 Å². The van der Waals surface area contributed by atoms with Gasteiger partial charge in [-0.2, -0.15) is 0 Å². The second-order valence-electron chi connectivity index (χ2n) is 22.0. The standard InChI is InChI=1S/C77H124NO8P/c1-3-5-7-9-11-13-15-17-19-21-23-25-27-29-31-32-33-34-35-36-37-38-39-40-41-42-44-46-48-50-52-54-56-58-60-62-64-66-68-70-77(80)86-75(74-85-87(81,82)84-72-71-78)73-83-76(79)69-67-65-63-61-59-57-55-53-51-49-47-45-43-30-28-26-24-22-20-18-16-14-12-10-8-6-4-2/h5,7,11,13,16-19,22-25,28-31,33-34,36-37,39-40,42,44,48,50,54,56,60,62,75H,3-4,6,8-10,12,14-15,20-21,26-27,32,35,38,41,43,45-47,49,51-53,55,57-59,61,63-74,78H2,1-2H3,(H,81,82)/b7-5-,13-11-,18-16-,19-17-,24-22-,25-23-,30-28-,31-29-,34-33-,37-36-,40-39-,44-42-,50-48-,56-54-,62-60-. The van der Waals surface area contributed by atoms with Gasteiger partial charge in [0.25, 0.3) is 0 Å². The van der Waals surface area contributed by atoms with Crippen molar-refractivity contribution >= 4 is 19.8 Å². The number of nitrogens with two attached hydrogens (primary N) is 1. The molecule has 0 rings (SSSR count). The van der Waals surface area contributed by atoms with Gasteiger partial charge in [-0.15, -0.1) is 0 Å². The summed E-state index contributed by atoms with van der Waals surface area (Å²) in [6, 6.07) is 0. The fourth-order valence-electron chi connectivity index (χ4n) is 8.74. The second-order valence-corrected chi connectivity index (χ2v) is 23.4. The van der Waals surface area contributed by atoms with Gasteiger partial charge in [-0.25, -0.2) is 4.57 Å². The van der Waals surface area contributed by atoms with Crippen molar-refractivity contribution in [2.24, 2.45) is 5.73 Å². The Kier molecular flexibility index (Phi) is 66.3. The summed E-state index contributed by atoms with van der Waals surface area (Å²) in [6.45, 7) is 3.55. The van der Waals surface area contributed by atoms with Crippen molar-refractivity contribution in [2.75, 3.05) is 26.4 Å². The van der Waals surface area contributed by atoms with E-state index in [1.54, 1.807) is 0 Å². The maximum Gasteiger partial charge on any atom is 0.472 e. The average Bonchev–Trinajstić information content (AvgIpc) is 3.64. The van der Waals surface area contributed by atoms with E-state index in [9.17, 15) is 19.0 Å². The smallest absolute Gasteiger partial charge is 0.462 e. The van der Waals surface area contributed by atoms with E-state index in [2.05, 4.69) is 196 Å². The van der Waals surface area contributed by atoms with Crippen LogP contribution in [0.25, 0.3) is 0 Å². The summed E-state index contributed by atoms with van der Waals surface area (Å²) in [6.07, 6.45) is 105. The first-order valence-electron chi connectivity index (χ1n) is 34.3. The molecule has 0 aliphatic rings. The van der Waals surface area contributed by atoms with Crippen LogP contribution in [0.5, 0.6) is 0 Å². The number of ether oxygens (including phenoxy) is 2. The maximum absolute atomic E-state index is 12.7. The van der Waals surface area contributed by atoms with Crippen LogP contribution < -0.4 is 5.73 Å². The van der Waals surface area contributed by atoms with E-state index in [4.69, 9.17) is 24.3 Å². The van der Waals surface area contributed by atoms with Crippen LogP contribution in [-0.2, 0) is 32.7 Å². The highest BCUT2D eigenvalue weighted by atomic mass is 31.2. The summed E-state index contributed by atoms with van der Waals surface area (Å²) in [5.41, 5.74) is 5.39. The van der Waals surface area contributed by atoms with Crippen molar-refractivity contribution in [1.82, 2.24) is 0 Å². The highest BCUT2D eigenvalue weighted by Crippen LogP contribution is 2.43. The van der Waals surface area contributed by atoms with E-state index in [0.29, 0.717) is 12.8 Å². The molecule has 0 aromatic heterocycles. The number of esters is 2. The van der Waals surface area contributed by atoms with Gasteiger partial charge in [0, 0.05) is 19.4 Å². The Bertz CT molecular complexity index is 2080. The predicted molar refractivity (Wildman–Crippen MR) is 376 cm³/mol.